The summed E-state index contributed by atoms with van der Waals surface area (Å²) in [5, 5.41) is 2.73. The molecule has 1 aliphatic heterocycles. The fourth-order valence-electron chi connectivity index (χ4n) is 2.52. The molecular formula is C18H25NO5. The minimum atomic E-state index is -0.527. The molecule has 24 heavy (non-hydrogen) atoms. The van der Waals surface area contributed by atoms with Gasteiger partial charge in [-0.2, -0.15) is 0 Å². The van der Waals surface area contributed by atoms with Crippen molar-refractivity contribution in [3.8, 4) is 5.75 Å². The Kier molecular flexibility index (Phi) is 5.70. The van der Waals surface area contributed by atoms with Crippen LogP contribution in [-0.2, 0) is 20.8 Å². The first-order valence-electron chi connectivity index (χ1n) is 8.16. The standard InChI is InChI=1S/C18H25NO5/c1-5-22-16(20)9-13-11-23-15-7-6-12(8-14(13)15)10-19-17(21)24-18(2,3)4/h6-8,13H,5,9-11H2,1-4H3,(H,19,21). The van der Waals surface area contributed by atoms with Gasteiger partial charge in [0, 0.05) is 18.0 Å². The molecule has 1 heterocycles. The van der Waals surface area contributed by atoms with Crippen LogP contribution in [0.2, 0.25) is 0 Å². The quantitative estimate of drug-likeness (QED) is 0.837. The van der Waals surface area contributed by atoms with Crippen LogP contribution in [0.3, 0.4) is 0 Å². The normalized spacial score (nSPS) is 16.1. The number of hydrogen-bond acceptors (Lipinski definition) is 5. The van der Waals surface area contributed by atoms with Gasteiger partial charge < -0.3 is 19.5 Å². The number of esters is 1. The van der Waals surface area contributed by atoms with E-state index < -0.39 is 11.7 Å². The van der Waals surface area contributed by atoms with Gasteiger partial charge >= 0.3 is 12.1 Å². The molecule has 0 saturated carbocycles. The van der Waals surface area contributed by atoms with E-state index in [2.05, 4.69) is 5.32 Å². The summed E-state index contributed by atoms with van der Waals surface area (Å²) >= 11 is 0. The molecule has 0 spiro atoms. The maximum absolute atomic E-state index is 11.7. The number of rotatable bonds is 5. The lowest BCUT2D eigenvalue weighted by atomic mass is 9.96. The summed E-state index contributed by atoms with van der Waals surface area (Å²) in [6.07, 6.45) is -0.161. The molecule has 2 rings (SSSR count). The maximum Gasteiger partial charge on any atom is 0.407 e. The molecule has 1 N–H and O–H groups in total. The number of ether oxygens (including phenoxy) is 3. The summed E-state index contributed by atoms with van der Waals surface area (Å²) in [5.41, 5.74) is 1.38. The van der Waals surface area contributed by atoms with Crippen molar-refractivity contribution in [2.24, 2.45) is 0 Å². The van der Waals surface area contributed by atoms with E-state index in [1.54, 1.807) is 6.92 Å². The van der Waals surface area contributed by atoms with Crippen LogP contribution in [-0.4, -0.2) is 30.9 Å². The fraction of sp³-hybridized carbons (Fsp3) is 0.556. The number of carbonyl (C=O) groups is 2. The molecule has 1 aromatic rings. The van der Waals surface area contributed by atoms with E-state index in [9.17, 15) is 9.59 Å². The van der Waals surface area contributed by atoms with Crippen LogP contribution in [0.4, 0.5) is 4.79 Å². The Bertz CT molecular complexity index is 606. The highest BCUT2D eigenvalue weighted by Gasteiger charge is 2.27. The van der Waals surface area contributed by atoms with Gasteiger partial charge in [0.2, 0.25) is 0 Å². The molecule has 1 amide bonds. The van der Waals surface area contributed by atoms with Gasteiger partial charge in [-0.1, -0.05) is 6.07 Å². The summed E-state index contributed by atoms with van der Waals surface area (Å²) < 4.78 is 15.8. The van der Waals surface area contributed by atoms with Crippen LogP contribution >= 0.6 is 0 Å². The van der Waals surface area contributed by atoms with Gasteiger partial charge in [0.15, 0.2) is 0 Å². The Balaban J connectivity index is 1.97. The second-order valence-electron chi connectivity index (χ2n) is 6.74. The van der Waals surface area contributed by atoms with Crippen LogP contribution in [0.5, 0.6) is 5.75 Å². The molecule has 0 saturated heterocycles. The van der Waals surface area contributed by atoms with Crippen LogP contribution < -0.4 is 10.1 Å². The monoisotopic (exact) mass is 335 g/mol. The van der Waals surface area contributed by atoms with Crippen LogP contribution in [0.15, 0.2) is 18.2 Å². The molecule has 0 aromatic heterocycles. The highest BCUT2D eigenvalue weighted by Crippen LogP contribution is 2.36. The zero-order valence-corrected chi connectivity index (χ0v) is 14.7. The third-order valence-electron chi connectivity index (χ3n) is 3.51. The van der Waals surface area contributed by atoms with Gasteiger partial charge in [-0.3, -0.25) is 4.79 Å². The van der Waals surface area contributed by atoms with Crippen molar-refractivity contribution in [3.63, 3.8) is 0 Å². The second kappa shape index (κ2) is 7.55. The number of nitrogens with one attached hydrogen (secondary N) is 1. The van der Waals surface area contributed by atoms with Crippen molar-refractivity contribution in [2.75, 3.05) is 13.2 Å². The van der Waals surface area contributed by atoms with E-state index in [0.717, 1.165) is 16.9 Å². The Morgan fingerprint density at radius 1 is 1.33 bits per heavy atom. The van der Waals surface area contributed by atoms with Crippen molar-refractivity contribution in [1.82, 2.24) is 5.32 Å². The van der Waals surface area contributed by atoms with Crippen molar-refractivity contribution < 1.29 is 23.8 Å². The molecule has 0 fully saturated rings. The Hall–Kier alpha value is -2.24. The summed E-state index contributed by atoms with van der Waals surface area (Å²) in [6, 6.07) is 5.72. The zero-order chi connectivity index (χ0) is 17.7. The van der Waals surface area contributed by atoms with Gasteiger partial charge in [0.25, 0.3) is 0 Å². The minimum Gasteiger partial charge on any atom is -0.493 e. The van der Waals surface area contributed by atoms with Crippen LogP contribution in [0.1, 0.15) is 51.2 Å². The van der Waals surface area contributed by atoms with Gasteiger partial charge in [-0.05, 0) is 45.4 Å². The molecule has 6 heteroatoms. The topological polar surface area (TPSA) is 73.9 Å². The molecular weight excluding hydrogens is 310 g/mol. The first-order chi connectivity index (χ1) is 11.3. The lowest BCUT2D eigenvalue weighted by molar-refractivity contribution is -0.143. The number of amides is 1. The predicted octanol–water partition coefficient (Wildman–Crippen LogP) is 3.14. The number of hydrogen-bond donors (Lipinski definition) is 1. The maximum atomic E-state index is 11.7. The second-order valence-corrected chi connectivity index (χ2v) is 6.74. The average molecular weight is 335 g/mol. The molecule has 1 unspecified atom stereocenters. The molecule has 1 aliphatic rings. The zero-order valence-electron chi connectivity index (χ0n) is 14.7. The Morgan fingerprint density at radius 2 is 2.08 bits per heavy atom. The summed E-state index contributed by atoms with van der Waals surface area (Å²) in [6.45, 7) is 8.44. The number of benzene rings is 1. The van der Waals surface area contributed by atoms with E-state index in [1.165, 1.54) is 0 Å². The molecule has 0 bridgehead atoms. The highest BCUT2D eigenvalue weighted by atomic mass is 16.6. The third-order valence-corrected chi connectivity index (χ3v) is 3.51. The van der Waals surface area contributed by atoms with Crippen molar-refractivity contribution in [3.05, 3.63) is 29.3 Å². The smallest absolute Gasteiger partial charge is 0.407 e. The SMILES string of the molecule is CCOC(=O)CC1COc2ccc(CNC(=O)OC(C)(C)C)cc21. The summed E-state index contributed by atoms with van der Waals surface area (Å²) in [5.74, 6) is 0.544. The van der Waals surface area contributed by atoms with Gasteiger partial charge in [0.05, 0.1) is 19.6 Å². The van der Waals surface area contributed by atoms with Crippen molar-refractivity contribution in [1.29, 1.82) is 0 Å². The van der Waals surface area contributed by atoms with Crippen molar-refractivity contribution >= 4 is 12.1 Å². The Labute approximate surface area is 142 Å². The molecule has 0 aliphatic carbocycles. The highest BCUT2D eigenvalue weighted by molar-refractivity contribution is 5.71. The summed E-state index contributed by atoms with van der Waals surface area (Å²) in [7, 11) is 0. The molecule has 1 atom stereocenters. The van der Waals surface area contributed by atoms with E-state index in [4.69, 9.17) is 14.2 Å². The lowest BCUT2D eigenvalue weighted by Crippen LogP contribution is -2.32. The van der Waals surface area contributed by atoms with E-state index in [1.807, 2.05) is 39.0 Å². The summed E-state index contributed by atoms with van der Waals surface area (Å²) in [4.78, 5) is 23.4. The lowest BCUT2D eigenvalue weighted by Gasteiger charge is -2.19. The van der Waals surface area contributed by atoms with Crippen LogP contribution in [0, 0.1) is 0 Å². The van der Waals surface area contributed by atoms with E-state index in [0.29, 0.717) is 26.2 Å². The van der Waals surface area contributed by atoms with E-state index in [-0.39, 0.29) is 11.9 Å². The van der Waals surface area contributed by atoms with Gasteiger partial charge in [-0.25, -0.2) is 4.79 Å². The molecule has 132 valence electrons. The van der Waals surface area contributed by atoms with E-state index >= 15 is 0 Å². The Morgan fingerprint density at radius 3 is 2.75 bits per heavy atom. The number of carbonyl (C=O) groups excluding carboxylic acids is 2. The van der Waals surface area contributed by atoms with Gasteiger partial charge in [-0.15, -0.1) is 0 Å². The fourth-order valence-corrected chi connectivity index (χ4v) is 2.52. The molecule has 1 aromatic carbocycles. The number of fused-ring (bicyclic) bond motifs is 1. The predicted molar refractivity (Wildman–Crippen MR) is 89.0 cm³/mol. The van der Waals surface area contributed by atoms with Crippen LogP contribution in [0.25, 0.3) is 0 Å². The third kappa shape index (κ3) is 5.15. The first kappa shape index (κ1) is 18.1. The molecule has 6 nitrogen and oxygen atoms in total. The number of alkyl carbamates (subject to hydrolysis) is 1. The minimum absolute atomic E-state index is 0.0134. The first-order valence-corrected chi connectivity index (χ1v) is 8.16. The van der Waals surface area contributed by atoms with Crippen molar-refractivity contribution in [2.45, 2.75) is 52.2 Å². The molecule has 0 radical (unpaired) electrons. The van der Waals surface area contributed by atoms with Gasteiger partial charge in [0.1, 0.15) is 11.4 Å². The largest absolute Gasteiger partial charge is 0.493 e. The average Bonchev–Trinajstić information content (AvgIpc) is 2.86.